The molecule has 0 aromatic heterocycles. The zero-order chi connectivity index (χ0) is 11.0. The Labute approximate surface area is 96.2 Å². The summed E-state index contributed by atoms with van der Waals surface area (Å²) in [5, 5.41) is 3.40. The molecular formula is C13H17N3. The van der Waals surface area contributed by atoms with E-state index < -0.39 is 0 Å². The average molecular weight is 215 g/mol. The van der Waals surface area contributed by atoms with Crippen LogP contribution in [0, 0.1) is 0 Å². The molecule has 0 fully saturated rings. The molecule has 0 saturated carbocycles. The molecule has 1 unspecified atom stereocenters. The van der Waals surface area contributed by atoms with E-state index in [2.05, 4.69) is 46.5 Å². The minimum absolute atomic E-state index is 0.442. The Kier molecular flexibility index (Phi) is 2.31. The average Bonchev–Trinajstić information content (AvgIpc) is 2.83. The van der Waals surface area contributed by atoms with Gasteiger partial charge in [0, 0.05) is 19.3 Å². The zero-order valence-corrected chi connectivity index (χ0v) is 9.61. The summed E-state index contributed by atoms with van der Waals surface area (Å²) in [5.74, 6) is 1.18. The standard InChI is InChI=1S/C13H17N3/c1-16-11-5-3-2-4-10(11)6-7-12(16)13-14-8-9-15-13/h2-5,12H,6-9H2,1H3,(H,14,15). The second-order valence-electron chi connectivity index (χ2n) is 4.49. The molecule has 16 heavy (non-hydrogen) atoms. The van der Waals surface area contributed by atoms with E-state index in [0.29, 0.717) is 6.04 Å². The van der Waals surface area contributed by atoms with Crippen LogP contribution in [0.1, 0.15) is 12.0 Å². The third kappa shape index (κ3) is 1.47. The highest BCUT2D eigenvalue weighted by Crippen LogP contribution is 2.29. The van der Waals surface area contributed by atoms with Gasteiger partial charge in [0.05, 0.1) is 12.6 Å². The number of nitrogens with one attached hydrogen (secondary N) is 1. The van der Waals surface area contributed by atoms with Crippen molar-refractivity contribution >= 4 is 11.5 Å². The number of anilines is 1. The summed E-state index contributed by atoms with van der Waals surface area (Å²) in [6, 6.07) is 9.11. The lowest BCUT2D eigenvalue weighted by molar-refractivity contribution is 0.659. The van der Waals surface area contributed by atoms with Crippen molar-refractivity contribution in [1.82, 2.24) is 5.32 Å². The van der Waals surface area contributed by atoms with Crippen molar-refractivity contribution in [3.8, 4) is 0 Å². The molecule has 1 N–H and O–H groups in total. The molecule has 84 valence electrons. The number of amidine groups is 1. The Bertz CT molecular complexity index is 425. The first-order chi connectivity index (χ1) is 7.86. The highest BCUT2D eigenvalue weighted by atomic mass is 15.2. The first-order valence-corrected chi connectivity index (χ1v) is 5.95. The van der Waals surface area contributed by atoms with E-state index in [0.717, 1.165) is 19.5 Å². The summed E-state index contributed by atoms with van der Waals surface area (Å²) in [6.45, 7) is 1.93. The van der Waals surface area contributed by atoms with Crippen LogP contribution in [0.25, 0.3) is 0 Å². The molecular weight excluding hydrogens is 198 g/mol. The minimum Gasteiger partial charge on any atom is -0.370 e. The second-order valence-corrected chi connectivity index (χ2v) is 4.49. The fraction of sp³-hybridized carbons (Fsp3) is 0.462. The van der Waals surface area contributed by atoms with Crippen molar-refractivity contribution in [3.63, 3.8) is 0 Å². The predicted molar refractivity (Wildman–Crippen MR) is 67.3 cm³/mol. The van der Waals surface area contributed by atoms with Gasteiger partial charge in [-0.25, -0.2) is 0 Å². The number of aliphatic imine (C=N–C) groups is 1. The third-order valence-electron chi connectivity index (χ3n) is 3.54. The quantitative estimate of drug-likeness (QED) is 0.767. The second kappa shape index (κ2) is 3.81. The number of benzene rings is 1. The smallest absolute Gasteiger partial charge is 0.119 e. The van der Waals surface area contributed by atoms with Gasteiger partial charge in [-0.2, -0.15) is 0 Å². The molecule has 1 aromatic carbocycles. The summed E-state index contributed by atoms with van der Waals surface area (Å²) in [5.41, 5.74) is 2.81. The summed E-state index contributed by atoms with van der Waals surface area (Å²) in [4.78, 5) is 6.90. The maximum atomic E-state index is 4.55. The van der Waals surface area contributed by atoms with Crippen molar-refractivity contribution < 1.29 is 0 Å². The lowest BCUT2D eigenvalue weighted by Crippen LogP contribution is -2.46. The molecule has 3 heteroatoms. The van der Waals surface area contributed by atoms with Gasteiger partial charge >= 0.3 is 0 Å². The van der Waals surface area contributed by atoms with Gasteiger partial charge in [-0.15, -0.1) is 0 Å². The van der Waals surface area contributed by atoms with E-state index in [1.165, 1.54) is 23.5 Å². The Morgan fingerprint density at radius 2 is 2.25 bits per heavy atom. The molecule has 3 nitrogen and oxygen atoms in total. The molecule has 0 radical (unpaired) electrons. The number of nitrogens with zero attached hydrogens (tertiary/aromatic N) is 2. The van der Waals surface area contributed by atoms with Crippen molar-refractivity contribution in [3.05, 3.63) is 29.8 Å². The third-order valence-corrected chi connectivity index (χ3v) is 3.54. The van der Waals surface area contributed by atoms with Crippen molar-refractivity contribution in [1.29, 1.82) is 0 Å². The van der Waals surface area contributed by atoms with Crippen LogP contribution in [0.15, 0.2) is 29.3 Å². The maximum Gasteiger partial charge on any atom is 0.119 e. The Morgan fingerprint density at radius 3 is 3.06 bits per heavy atom. The summed E-state index contributed by atoms with van der Waals surface area (Å²) < 4.78 is 0. The number of para-hydroxylation sites is 1. The summed E-state index contributed by atoms with van der Waals surface area (Å²) >= 11 is 0. The van der Waals surface area contributed by atoms with Crippen LogP contribution >= 0.6 is 0 Å². The molecule has 0 spiro atoms. The molecule has 0 bridgehead atoms. The molecule has 1 aromatic rings. The fourth-order valence-corrected chi connectivity index (χ4v) is 2.68. The molecule has 0 saturated heterocycles. The van der Waals surface area contributed by atoms with E-state index in [-0.39, 0.29) is 0 Å². The van der Waals surface area contributed by atoms with Gasteiger partial charge in [0.15, 0.2) is 0 Å². The van der Waals surface area contributed by atoms with Gasteiger partial charge in [0.25, 0.3) is 0 Å². The lowest BCUT2D eigenvalue weighted by Gasteiger charge is -2.36. The molecule has 1 atom stereocenters. The van der Waals surface area contributed by atoms with Crippen LogP contribution in [0.3, 0.4) is 0 Å². The maximum absolute atomic E-state index is 4.55. The molecule has 0 aliphatic carbocycles. The van der Waals surface area contributed by atoms with Crippen LogP contribution in [0.2, 0.25) is 0 Å². The van der Waals surface area contributed by atoms with E-state index in [1.807, 2.05) is 0 Å². The van der Waals surface area contributed by atoms with Gasteiger partial charge in [-0.3, -0.25) is 4.99 Å². The van der Waals surface area contributed by atoms with Crippen LogP contribution in [0.4, 0.5) is 5.69 Å². The Balaban J connectivity index is 1.91. The highest BCUT2D eigenvalue weighted by Gasteiger charge is 2.28. The zero-order valence-electron chi connectivity index (χ0n) is 9.61. The molecule has 2 heterocycles. The van der Waals surface area contributed by atoms with Crippen LogP contribution in [-0.2, 0) is 6.42 Å². The summed E-state index contributed by atoms with van der Waals surface area (Å²) in [7, 11) is 2.17. The summed E-state index contributed by atoms with van der Waals surface area (Å²) in [6.07, 6.45) is 2.32. The highest BCUT2D eigenvalue weighted by molar-refractivity contribution is 5.92. The van der Waals surface area contributed by atoms with E-state index >= 15 is 0 Å². The molecule has 2 aliphatic rings. The first-order valence-electron chi connectivity index (χ1n) is 5.95. The number of hydrogen-bond donors (Lipinski definition) is 1. The van der Waals surface area contributed by atoms with Gasteiger partial charge in [-0.05, 0) is 24.5 Å². The Morgan fingerprint density at radius 1 is 1.38 bits per heavy atom. The van der Waals surface area contributed by atoms with Crippen LogP contribution < -0.4 is 10.2 Å². The van der Waals surface area contributed by atoms with Gasteiger partial charge in [-0.1, -0.05) is 18.2 Å². The number of aryl methyl sites for hydroxylation is 1. The molecule has 3 rings (SSSR count). The largest absolute Gasteiger partial charge is 0.370 e. The van der Waals surface area contributed by atoms with E-state index in [4.69, 9.17) is 0 Å². The molecule has 2 aliphatic heterocycles. The predicted octanol–water partition coefficient (Wildman–Crippen LogP) is 1.44. The molecule has 0 amide bonds. The van der Waals surface area contributed by atoms with Crippen molar-refractivity contribution in [2.24, 2.45) is 4.99 Å². The first kappa shape index (κ1) is 9.70. The fourth-order valence-electron chi connectivity index (χ4n) is 2.68. The van der Waals surface area contributed by atoms with E-state index in [1.54, 1.807) is 0 Å². The SMILES string of the molecule is CN1c2ccccc2CCC1C1=NCCN1. The van der Waals surface area contributed by atoms with Crippen molar-refractivity contribution in [2.45, 2.75) is 18.9 Å². The van der Waals surface area contributed by atoms with Gasteiger partial charge in [0.2, 0.25) is 0 Å². The Hall–Kier alpha value is -1.51. The topological polar surface area (TPSA) is 27.6 Å². The number of fused-ring (bicyclic) bond motifs is 1. The van der Waals surface area contributed by atoms with Gasteiger partial charge in [0.1, 0.15) is 5.84 Å². The number of hydrogen-bond acceptors (Lipinski definition) is 3. The number of likely N-dealkylation sites (N-methyl/N-ethyl adjacent to an activating group) is 1. The van der Waals surface area contributed by atoms with E-state index in [9.17, 15) is 0 Å². The lowest BCUT2D eigenvalue weighted by atomic mass is 9.96. The van der Waals surface area contributed by atoms with Crippen LogP contribution in [0.5, 0.6) is 0 Å². The van der Waals surface area contributed by atoms with Crippen LogP contribution in [-0.4, -0.2) is 32.0 Å². The van der Waals surface area contributed by atoms with Crippen molar-refractivity contribution in [2.75, 3.05) is 25.0 Å². The monoisotopic (exact) mass is 215 g/mol. The normalized spacial score (nSPS) is 23.7. The van der Waals surface area contributed by atoms with Gasteiger partial charge < -0.3 is 10.2 Å². The number of rotatable bonds is 1. The minimum atomic E-state index is 0.442.